The summed E-state index contributed by atoms with van der Waals surface area (Å²) in [5, 5.41) is 0. The predicted octanol–water partition coefficient (Wildman–Crippen LogP) is -9.37. The molecule has 0 aromatic heterocycles. The van der Waals surface area contributed by atoms with E-state index in [0.29, 0.717) is 0 Å². The van der Waals surface area contributed by atoms with E-state index in [9.17, 15) is 0 Å². The maximum atomic E-state index is 0. The van der Waals surface area contributed by atoms with Gasteiger partial charge in [0.25, 0.3) is 0 Å². The van der Waals surface area contributed by atoms with E-state index in [0.717, 1.165) is 0 Å². The van der Waals surface area contributed by atoms with Crippen LogP contribution in [-0.2, 0) is 0 Å². The normalized spacial score (nSPS) is 0. The quantitative estimate of drug-likeness (QED) is 0.286. The molecule has 0 saturated heterocycles. The molecule has 0 saturated carbocycles. The molecule has 0 N–H and O–H groups in total. The van der Waals surface area contributed by atoms with Gasteiger partial charge in [-0.2, -0.15) is 0 Å². The summed E-state index contributed by atoms with van der Waals surface area (Å²) in [6, 6.07) is 0. The van der Waals surface area contributed by atoms with Gasteiger partial charge < -0.3 is 37.2 Å². The third-order valence-corrected chi connectivity index (χ3v) is 0. The maximum absolute atomic E-state index is 0. The van der Waals surface area contributed by atoms with Crippen LogP contribution in [-0.4, -0.2) is 23.1 Å². The maximum Gasteiger partial charge on any atom is 2.00 e. The van der Waals surface area contributed by atoms with E-state index in [2.05, 4.69) is 0 Å². The van der Waals surface area contributed by atoms with Crippen molar-refractivity contribution in [1.29, 1.82) is 0 Å². The summed E-state index contributed by atoms with van der Waals surface area (Å²) in [6.07, 6.45) is 0. The second-order valence-electron chi connectivity index (χ2n) is 0. The van der Waals surface area contributed by atoms with Gasteiger partial charge in [0.1, 0.15) is 0 Å². The molecule has 0 rings (SSSR count). The minimum atomic E-state index is 0. The van der Waals surface area contributed by atoms with Gasteiger partial charge in [0.2, 0.25) is 0 Å². The summed E-state index contributed by atoms with van der Waals surface area (Å²) in [6.45, 7) is 0. The summed E-state index contributed by atoms with van der Waals surface area (Å²) in [5.41, 5.74) is 0. The Morgan fingerprint density at radius 3 is 0.500 bits per heavy atom. The van der Waals surface area contributed by atoms with E-state index >= 15 is 0 Å². The van der Waals surface area contributed by atoms with Gasteiger partial charge in [-0.25, -0.2) is 0 Å². The zero-order valence-corrected chi connectivity index (χ0v) is 5.52. The van der Waals surface area contributed by atoms with Gasteiger partial charge >= 0.3 is 23.1 Å². The fourth-order valence-corrected chi connectivity index (χ4v) is 0. The van der Waals surface area contributed by atoms with E-state index in [-0.39, 0.29) is 60.3 Å². The van der Waals surface area contributed by atoms with E-state index in [4.69, 9.17) is 0 Å². The van der Waals surface area contributed by atoms with Crippen LogP contribution in [0.4, 0.5) is 0 Å². The molecule has 0 unspecified atom stereocenters. The molecule has 0 aromatic rings. The third-order valence-electron chi connectivity index (χ3n) is 0. The first-order valence-electron chi connectivity index (χ1n) is 0. The van der Waals surface area contributed by atoms with Crippen LogP contribution in [0.25, 0.3) is 0 Å². The van der Waals surface area contributed by atoms with Gasteiger partial charge in [0.05, 0.1) is 0 Å². The molecule has 0 aromatic carbocycles. The summed E-state index contributed by atoms with van der Waals surface area (Å²) in [7, 11) is 0. The van der Waals surface area contributed by atoms with Crippen molar-refractivity contribution in [3.05, 3.63) is 0 Å². The molecule has 0 aliphatic carbocycles. The molecule has 0 fully saturated rings. The van der Waals surface area contributed by atoms with Crippen molar-refractivity contribution in [1.82, 2.24) is 0 Å². The third kappa shape index (κ3) is 9.44. The molecule has 0 radical (unpaired) electrons. The SMILES string of the molecule is [Cl-].[Cl-].[Cl-].[Mg+2]. The number of halogens is 3. The van der Waals surface area contributed by atoms with Crippen LogP contribution < -0.4 is 37.2 Å². The van der Waals surface area contributed by atoms with Crippen molar-refractivity contribution in [3.8, 4) is 0 Å². The average Bonchev–Trinajstić information content (AvgIpc) is 0. The van der Waals surface area contributed by atoms with Crippen LogP contribution >= 0.6 is 0 Å². The Morgan fingerprint density at radius 1 is 0.500 bits per heavy atom. The Kier molecular flexibility index (Phi) is 259. The van der Waals surface area contributed by atoms with Gasteiger partial charge in [-0.15, -0.1) is 0 Å². The van der Waals surface area contributed by atoms with Crippen molar-refractivity contribution < 1.29 is 37.2 Å². The molecule has 0 atom stereocenters. The van der Waals surface area contributed by atoms with Gasteiger partial charge in [0.15, 0.2) is 0 Å². The molecule has 0 spiro atoms. The molecule has 4 heteroatoms. The van der Waals surface area contributed by atoms with Crippen molar-refractivity contribution in [2.24, 2.45) is 0 Å². The molecule has 0 bridgehead atoms. The first kappa shape index (κ1) is 45.3. The standard InChI is InChI=1S/3ClH.Mg/h3*1H;/q;;;+2/p-3. The zero-order valence-electron chi connectivity index (χ0n) is 1.84. The second kappa shape index (κ2) is 22.9. The van der Waals surface area contributed by atoms with Crippen molar-refractivity contribution in [3.63, 3.8) is 0 Å². The Bertz CT molecular complexity index is 3.25. The Balaban J connectivity index is 0. The van der Waals surface area contributed by atoms with Gasteiger partial charge in [-0.1, -0.05) is 0 Å². The predicted molar refractivity (Wildman–Crippen MR) is 5.75 cm³/mol. The summed E-state index contributed by atoms with van der Waals surface area (Å²) in [4.78, 5) is 0. The summed E-state index contributed by atoms with van der Waals surface area (Å²) in [5.74, 6) is 0. The molecule has 0 aliphatic rings. The van der Waals surface area contributed by atoms with Crippen LogP contribution in [0, 0.1) is 0 Å². The molecule has 0 amide bonds. The number of hydrogen-bond acceptors (Lipinski definition) is 0. The molecular weight excluding hydrogens is 131 g/mol. The second-order valence-corrected chi connectivity index (χ2v) is 0. The molecular formula is Cl3Mg-. The fourth-order valence-electron chi connectivity index (χ4n) is 0. The first-order chi connectivity index (χ1) is 0. The monoisotopic (exact) mass is 129 g/mol. The summed E-state index contributed by atoms with van der Waals surface area (Å²) < 4.78 is 0. The first-order valence-corrected chi connectivity index (χ1v) is 0. The van der Waals surface area contributed by atoms with E-state index in [1.165, 1.54) is 0 Å². The molecule has 24 valence electrons. The Morgan fingerprint density at radius 2 is 0.500 bits per heavy atom. The Labute approximate surface area is 60.1 Å². The van der Waals surface area contributed by atoms with Crippen molar-refractivity contribution in [2.45, 2.75) is 0 Å². The van der Waals surface area contributed by atoms with Gasteiger partial charge in [0, 0.05) is 0 Å². The number of hydrogen-bond donors (Lipinski definition) is 0. The number of rotatable bonds is 0. The van der Waals surface area contributed by atoms with Gasteiger partial charge in [-0.3, -0.25) is 0 Å². The van der Waals surface area contributed by atoms with Crippen LogP contribution in [0.3, 0.4) is 0 Å². The zero-order chi connectivity index (χ0) is 0. The van der Waals surface area contributed by atoms with E-state index < -0.39 is 0 Å². The smallest absolute Gasteiger partial charge is 1.00 e. The summed E-state index contributed by atoms with van der Waals surface area (Å²) >= 11 is 0. The minimum absolute atomic E-state index is 0. The van der Waals surface area contributed by atoms with Crippen molar-refractivity contribution in [2.75, 3.05) is 0 Å². The Hall–Kier alpha value is 1.64. The molecule has 0 heterocycles. The van der Waals surface area contributed by atoms with E-state index in [1.54, 1.807) is 0 Å². The van der Waals surface area contributed by atoms with Gasteiger partial charge in [-0.05, 0) is 0 Å². The van der Waals surface area contributed by atoms with Crippen LogP contribution in [0.1, 0.15) is 0 Å². The van der Waals surface area contributed by atoms with Crippen molar-refractivity contribution >= 4 is 23.1 Å². The fraction of sp³-hybridized carbons (Fsp3) is 0. The van der Waals surface area contributed by atoms with Crippen LogP contribution in [0.2, 0.25) is 0 Å². The topological polar surface area (TPSA) is 0 Å². The van der Waals surface area contributed by atoms with Crippen LogP contribution in [0.15, 0.2) is 0 Å². The largest absolute Gasteiger partial charge is 2.00 e. The average molecular weight is 131 g/mol. The minimum Gasteiger partial charge on any atom is -1.00 e. The molecule has 0 aliphatic heterocycles. The van der Waals surface area contributed by atoms with Crippen LogP contribution in [0.5, 0.6) is 0 Å². The molecule has 0 nitrogen and oxygen atoms in total. The van der Waals surface area contributed by atoms with E-state index in [1.807, 2.05) is 0 Å². The molecule has 4 heavy (non-hydrogen) atoms.